The number of hydrogen-bond donors (Lipinski definition) is 1. The van der Waals surface area contributed by atoms with Gasteiger partial charge in [0.25, 0.3) is 10.2 Å². The number of likely N-dealkylation sites (tertiary alicyclic amines) is 2. The van der Waals surface area contributed by atoms with E-state index in [2.05, 4.69) is 9.62 Å². The van der Waals surface area contributed by atoms with E-state index in [1.807, 2.05) is 18.0 Å². The SMILES string of the molecule is CN1CCCC1C(=O)N1CCC(NS(=O)(=O)N(C)C)C(COC2CCC(c3cccc(F)c3)CC2)C1. The summed E-state index contributed by atoms with van der Waals surface area (Å²) in [7, 11) is 1.43. The predicted molar refractivity (Wildman–Crippen MR) is 137 cm³/mol. The van der Waals surface area contributed by atoms with Gasteiger partial charge in [0.1, 0.15) is 5.82 Å². The number of rotatable bonds is 8. The molecule has 202 valence electrons. The normalized spacial score (nSPS) is 30.1. The van der Waals surface area contributed by atoms with Crippen LogP contribution in [0.25, 0.3) is 0 Å². The summed E-state index contributed by atoms with van der Waals surface area (Å²) in [5.74, 6) is 0.165. The third kappa shape index (κ3) is 6.64. The summed E-state index contributed by atoms with van der Waals surface area (Å²) in [5, 5.41) is 0. The van der Waals surface area contributed by atoms with Crippen LogP contribution >= 0.6 is 0 Å². The van der Waals surface area contributed by atoms with E-state index in [-0.39, 0.29) is 35.8 Å². The molecule has 1 aromatic rings. The van der Waals surface area contributed by atoms with Gasteiger partial charge in [0, 0.05) is 39.1 Å². The van der Waals surface area contributed by atoms with Gasteiger partial charge in [0.2, 0.25) is 5.91 Å². The smallest absolute Gasteiger partial charge is 0.279 e. The first-order chi connectivity index (χ1) is 17.1. The maximum Gasteiger partial charge on any atom is 0.279 e. The van der Waals surface area contributed by atoms with Crippen LogP contribution in [0.5, 0.6) is 0 Å². The zero-order chi connectivity index (χ0) is 25.9. The Balaban J connectivity index is 1.36. The minimum atomic E-state index is -3.59. The van der Waals surface area contributed by atoms with E-state index >= 15 is 0 Å². The molecule has 10 heteroatoms. The van der Waals surface area contributed by atoms with E-state index in [9.17, 15) is 17.6 Å². The van der Waals surface area contributed by atoms with E-state index in [1.165, 1.54) is 24.5 Å². The highest BCUT2D eigenvalue weighted by atomic mass is 32.2. The summed E-state index contributed by atoms with van der Waals surface area (Å²) in [5.41, 5.74) is 1.05. The largest absolute Gasteiger partial charge is 0.378 e. The monoisotopic (exact) mass is 524 g/mol. The summed E-state index contributed by atoms with van der Waals surface area (Å²) in [4.78, 5) is 17.2. The van der Waals surface area contributed by atoms with Gasteiger partial charge in [0.15, 0.2) is 0 Å². The standard InChI is InChI=1S/C26H41FN4O4S/c1-29(2)36(33,34)28-24-13-15-31(26(32)25-8-5-14-30(25)3)17-21(24)18-35-23-11-9-19(10-12-23)20-6-4-7-22(27)16-20/h4,6-7,16,19,21,23-25,28H,5,8-15,17-18H2,1-3H3. The van der Waals surface area contributed by atoms with Gasteiger partial charge in [-0.2, -0.15) is 17.4 Å². The fourth-order valence-electron chi connectivity index (χ4n) is 5.87. The molecule has 2 aliphatic heterocycles. The molecule has 2 saturated heterocycles. The lowest BCUT2D eigenvalue weighted by atomic mass is 9.82. The van der Waals surface area contributed by atoms with Gasteiger partial charge in [-0.3, -0.25) is 9.69 Å². The van der Waals surface area contributed by atoms with Crippen molar-refractivity contribution in [2.24, 2.45) is 5.92 Å². The van der Waals surface area contributed by atoms with Crippen LogP contribution in [0, 0.1) is 11.7 Å². The number of hydrogen-bond acceptors (Lipinski definition) is 5. The van der Waals surface area contributed by atoms with E-state index in [0.29, 0.717) is 32.0 Å². The van der Waals surface area contributed by atoms with Gasteiger partial charge in [0.05, 0.1) is 18.8 Å². The second-order valence-corrected chi connectivity index (χ2v) is 12.8. The molecule has 0 spiro atoms. The second-order valence-electron chi connectivity index (χ2n) is 10.8. The molecule has 1 amide bonds. The molecule has 1 saturated carbocycles. The average molecular weight is 525 g/mol. The molecule has 1 aliphatic carbocycles. The lowest BCUT2D eigenvalue weighted by molar-refractivity contribution is -0.138. The van der Waals surface area contributed by atoms with E-state index in [1.54, 1.807) is 12.1 Å². The van der Waals surface area contributed by atoms with Crippen LogP contribution < -0.4 is 4.72 Å². The van der Waals surface area contributed by atoms with Crippen molar-refractivity contribution in [1.82, 2.24) is 18.8 Å². The Hall–Kier alpha value is -1.59. The van der Waals surface area contributed by atoms with Crippen molar-refractivity contribution in [3.05, 3.63) is 35.6 Å². The van der Waals surface area contributed by atoms with Crippen LogP contribution in [-0.2, 0) is 19.7 Å². The summed E-state index contributed by atoms with van der Waals surface area (Å²) >= 11 is 0. The maximum atomic E-state index is 13.6. The first-order valence-electron chi connectivity index (χ1n) is 13.2. The number of likely N-dealkylation sites (N-methyl/N-ethyl adjacent to an activating group) is 1. The molecule has 0 aromatic heterocycles. The van der Waals surface area contributed by atoms with Gasteiger partial charge in [-0.05, 0) is 82.2 Å². The summed E-state index contributed by atoms with van der Waals surface area (Å²) in [6.07, 6.45) is 6.20. The molecule has 8 nitrogen and oxygen atoms in total. The summed E-state index contributed by atoms with van der Waals surface area (Å²) in [6, 6.07) is 6.49. The molecule has 1 aromatic carbocycles. The highest BCUT2D eigenvalue weighted by Gasteiger charge is 2.39. The van der Waals surface area contributed by atoms with Crippen molar-refractivity contribution >= 4 is 16.1 Å². The van der Waals surface area contributed by atoms with Gasteiger partial charge in [-0.25, -0.2) is 4.39 Å². The molecule has 3 unspecified atom stereocenters. The zero-order valence-electron chi connectivity index (χ0n) is 21.7. The Morgan fingerprint density at radius 2 is 1.89 bits per heavy atom. The maximum absolute atomic E-state index is 13.6. The molecule has 2 heterocycles. The van der Waals surface area contributed by atoms with Crippen LogP contribution in [0.1, 0.15) is 56.4 Å². The fourth-order valence-corrected chi connectivity index (χ4v) is 6.77. The van der Waals surface area contributed by atoms with Crippen LogP contribution in [0.3, 0.4) is 0 Å². The summed E-state index contributed by atoms with van der Waals surface area (Å²) in [6.45, 7) is 2.36. The highest BCUT2D eigenvalue weighted by molar-refractivity contribution is 7.87. The Labute approximate surface area is 215 Å². The minimum Gasteiger partial charge on any atom is -0.378 e. The average Bonchev–Trinajstić information content (AvgIpc) is 3.28. The minimum absolute atomic E-state index is 0.0836. The van der Waals surface area contributed by atoms with E-state index in [4.69, 9.17) is 4.74 Å². The van der Waals surface area contributed by atoms with Crippen molar-refractivity contribution in [2.75, 3.05) is 47.4 Å². The number of carbonyl (C=O) groups excluding carboxylic acids is 1. The third-order valence-electron chi connectivity index (χ3n) is 8.17. The quantitative estimate of drug-likeness (QED) is 0.565. The van der Waals surface area contributed by atoms with Crippen molar-refractivity contribution in [3.63, 3.8) is 0 Å². The molecule has 4 rings (SSSR count). The van der Waals surface area contributed by atoms with Crippen molar-refractivity contribution in [1.29, 1.82) is 0 Å². The lowest BCUT2D eigenvalue weighted by Crippen LogP contribution is -2.57. The van der Waals surface area contributed by atoms with Gasteiger partial charge >= 0.3 is 0 Å². The Morgan fingerprint density at radius 3 is 2.53 bits per heavy atom. The Bertz CT molecular complexity index is 999. The topological polar surface area (TPSA) is 82.2 Å². The van der Waals surface area contributed by atoms with Crippen LogP contribution in [0.2, 0.25) is 0 Å². The summed E-state index contributed by atoms with van der Waals surface area (Å²) < 4.78 is 49.1. The predicted octanol–water partition coefficient (Wildman–Crippen LogP) is 2.58. The molecular weight excluding hydrogens is 483 g/mol. The molecule has 3 fully saturated rings. The fraction of sp³-hybridized carbons (Fsp3) is 0.731. The first-order valence-corrected chi connectivity index (χ1v) is 14.6. The molecule has 36 heavy (non-hydrogen) atoms. The van der Waals surface area contributed by atoms with Gasteiger partial charge in [-0.15, -0.1) is 0 Å². The second kappa shape index (κ2) is 11.9. The molecule has 1 N–H and O–H groups in total. The molecular formula is C26H41FN4O4S. The van der Waals surface area contributed by atoms with E-state index < -0.39 is 10.2 Å². The Kier molecular flexibility index (Phi) is 9.04. The number of nitrogens with one attached hydrogen (secondary N) is 1. The molecule has 0 bridgehead atoms. The van der Waals surface area contributed by atoms with Crippen LogP contribution in [-0.4, -0.2) is 94.0 Å². The number of piperidine rings is 1. The molecule has 3 aliphatic rings. The van der Waals surface area contributed by atoms with Gasteiger partial charge in [-0.1, -0.05) is 12.1 Å². The number of ether oxygens (including phenoxy) is 1. The van der Waals surface area contributed by atoms with Crippen molar-refractivity contribution < 1.29 is 22.3 Å². The number of nitrogens with zero attached hydrogens (tertiary/aromatic N) is 3. The molecule has 0 radical (unpaired) electrons. The Morgan fingerprint density at radius 1 is 1.14 bits per heavy atom. The van der Waals surface area contributed by atoms with Crippen LogP contribution in [0.4, 0.5) is 4.39 Å². The molecule has 3 atom stereocenters. The highest BCUT2D eigenvalue weighted by Crippen LogP contribution is 2.35. The number of carbonyl (C=O) groups is 1. The van der Waals surface area contributed by atoms with Gasteiger partial charge < -0.3 is 9.64 Å². The number of halogens is 1. The number of benzene rings is 1. The lowest BCUT2D eigenvalue weighted by Gasteiger charge is -2.41. The first kappa shape index (κ1) is 27.4. The van der Waals surface area contributed by atoms with E-state index in [0.717, 1.165) is 50.6 Å². The van der Waals surface area contributed by atoms with Crippen LogP contribution in [0.15, 0.2) is 24.3 Å². The number of amides is 1. The third-order valence-corrected chi connectivity index (χ3v) is 9.73. The van der Waals surface area contributed by atoms with Crippen molar-refractivity contribution in [2.45, 2.75) is 69.1 Å². The zero-order valence-corrected chi connectivity index (χ0v) is 22.6. The van der Waals surface area contributed by atoms with Crippen molar-refractivity contribution in [3.8, 4) is 0 Å².